The van der Waals surface area contributed by atoms with Gasteiger partial charge in [0.2, 0.25) is 0 Å². The highest BCUT2D eigenvalue weighted by Crippen LogP contribution is 2.14. The molecule has 0 bridgehead atoms. The fourth-order valence-corrected chi connectivity index (χ4v) is 1.78. The van der Waals surface area contributed by atoms with Crippen molar-refractivity contribution in [1.29, 1.82) is 0 Å². The summed E-state index contributed by atoms with van der Waals surface area (Å²) in [6, 6.07) is 0. The summed E-state index contributed by atoms with van der Waals surface area (Å²) in [7, 11) is 0. The van der Waals surface area contributed by atoms with Crippen LogP contribution in [0.1, 0.15) is 0 Å². The molecule has 1 unspecified atom stereocenters. The van der Waals surface area contributed by atoms with Gasteiger partial charge in [-0.15, -0.1) is 18.2 Å². The maximum atomic E-state index is 5.83. The second kappa shape index (κ2) is 7.18. The van der Waals surface area contributed by atoms with Crippen molar-refractivity contribution in [3.63, 3.8) is 0 Å². The molecule has 1 atom stereocenters. The van der Waals surface area contributed by atoms with E-state index >= 15 is 0 Å². The number of imidazole rings is 1. The molecule has 8 heteroatoms. The third-order valence-electron chi connectivity index (χ3n) is 2.59. The Morgan fingerprint density at radius 2 is 2.30 bits per heavy atom. The number of anilines is 1. The summed E-state index contributed by atoms with van der Waals surface area (Å²) in [6.07, 6.45) is 4.45. The largest absolute Gasteiger partial charge is 0.382 e. The monoisotopic (exact) mass is 297 g/mol. The van der Waals surface area contributed by atoms with Gasteiger partial charge >= 0.3 is 0 Å². The Morgan fingerprint density at radius 1 is 1.45 bits per heavy atom. The average molecular weight is 298 g/mol. The second-order valence-electron chi connectivity index (χ2n) is 4.04. The Labute approximate surface area is 121 Å². The smallest absolute Gasteiger partial charge is 0.167 e. The summed E-state index contributed by atoms with van der Waals surface area (Å²) in [6.45, 7) is 4.71. The summed E-state index contributed by atoms with van der Waals surface area (Å²) in [4.78, 5) is 12.2. The number of hydrogen-bond acceptors (Lipinski definition) is 6. The molecule has 2 rings (SSSR count). The molecule has 0 fully saturated rings. The highest BCUT2D eigenvalue weighted by Gasteiger charge is 2.11. The van der Waals surface area contributed by atoms with Gasteiger partial charge in [0.25, 0.3) is 0 Å². The second-order valence-corrected chi connectivity index (χ2v) is 4.35. The van der Waals surface area contributed by atoms with E-state index in [2.05, 4.69) is 21.5 Å². The minimum Gasteiger partial charge on any atom is -0.382 e. The Balaban J connectivity index is 1.97. The zero-order valence-corrected chi connectivity index (χ0v) is 11.7. The third-order valence-corrected chi connectivity index (χ3v) is 2.93. The van der Waals surface area contributed by atoms with Crippen molar-refractivity contribution in [1.82, 2.24) is 19.5 Å². The molecule has 0 amide bonds. The van der Waals surface area contributed by atoms with Crippen LogP contribution in [0.25, 0.3) is 11.2 Å². The number of hydrogen-bond donors (Lipinski definition) is 1. The first kappa shape index (κ1) is 14.7. The van der Waals surface area contributed by atoms with Crippen LogP contribution < -0.4 is 5.73 Å². The van der Waals surface area contributed by atoms with Crippen molar-refractivity contribution in [2.24, 2.45) is 0 Å². The number of aromatic nitrogens is 4. The predicted molar refractivity (Wildman–Crippen MR) is 76.3 cm³/mol. The highest BCUT2D eigenvalue weighted by atomic mass is 35.5. The molecule has 2 heterocycles. The normalized spacial score (nSPS) is 12.7. The predicted octanol–water partition coefficient (Wildman–Crippen LogP) is 1.19. The van der Waals surface area contributed by atoms with E-state index in [4.69, 9.17) is 26.8 Å². The zero-order valence-electron chi connectivity index (χ0n) is 10.9. The van der Waals surface area contributed by atoms with Crippen molar-refractivity contribution in [2.75, 3.05) is 24.8 Å². The Hall–Kier alpha value is -1.70. The quantitative estimate of drug-likeness (QED) is 0.447. The Kier molecular flexibility index (Phi) is 5.28. The maximum Gasteiger partial charge on any atom is 0.167 e. The summed E-state index contributed by atoms with van der Waals surface area (Å²) in [5.74, 6) is 0.679. The van der Waals surface area contributed by atoms with Crippen LogP contribution in [0.4, 0.5) is 5.82 Å². The number of nitrogens with two attached hydrogens (primary N) is 1. The minimum absolute atomic E-state index is 0.215. The van der Waals surface area contributed by atoms with E-state index in [0.29, 0.717) is 36.1 Å². The molecule has 0 aliphatic heterocycles. The molecule has 2 aromatic rings. The van der Waals surface area contributed by atoms with Gasteiger partial charge in [-0.2, -0.15) is 0 Å². The lowest BCUT2D eigenvalue weighted by molar-refractivity contribution is -0.0272. The van der Waals surface area contributed by atoms with E-state index in [9.17, 15) is 0 Å². The van der Waals surface area contributed by atoms with Crippen LogP contribution >= 0.6 is 11.6 Å². The Morgan fingerprint density at radius 3 is 3.05 bits per heavy atom. The van der Waals surface area contributed by atoms with Gasteiger partial charge in [0.1, 0.15) is 18.6 Å². The molecule has 0 saturated carbocycles. The number of nitrogens with zero attached hydrogens (tertiary/aromatic N) is 4. The van der Waals surface area contributed by atoms with Gasteiger partial charge in [0.05, 0.1) is 31.5 Å². The SMILES string of the molecule is C=CCOCC(CCl)OCn1cnc2c(N)ncnc21. The molecule has 0 aromatic carbocycles. The molecule has 0 aliphatic rings. The highest BCUT2D eigenvalue weighted by molar-refractivity contribution is 6.18. The Bertz CT molecular complexity index is 574. The maximum absolute atomic E-state index is 5.83. The van der Waals surface area contributed by atoms with E-state index in [1.807, 2.05) is 0 Å². The van der Waals surface area contributed by atoms with Crippen LogP contribution in [0.2, 0.25) is 0 Å². The van der Waals surface area contributed by atoms with Crippen molar-refractivity contribution in [2.45, 2.75) is 12.8 Å². The van der Waals surface area contributed by atoms with Gasteiger partial charge in [-0.3, -0.25) is 4.57 Å². The number of ether oxygens (including phenoxy) is 2. The van der Waals surface area contributed by atoms with Crippen molar-refractivity contribution in [3.05, 3.63) is 25.3 Å². The van der Waals surface area contributed by atoms with Crippen molar-refractivity contribution >= 4 is 28.6 Å². The van der Waals surface area contributed by atoms with Crippen LogP contribution in [0, 0.1) is 0 Å². The summed E-state index contributed by atoms with van der Waals surface area (Å²) < 4.78 is 12.7. The van der Waals surface area contributed by atoms with Crippen LogP contribution in [0.3, 0.4) is 0 Å². The molecule has 108 valence electrons. The van der Waals surface area contributed by atoms with Gasteiger partial charge in [-0.1, -0.05) is 6.08 Å². The number of rotatable bonds is 8. The first-order chi connectivity index (χ1) is 9.76. The number of fused-ring (bicyclic) bond motifs is 1. The molecule has 0 spiro atoms. The molecule has 0 aliphatic carbocycles. The van der Waals surface area contributed by atoms with E-state index in [1.165, 1.54) is 6.33 Å². The fraction of sp³-hybridized carbons (Fsp3) is 0.417. The van der Waals surface area contributed by atoms with Gasteiger partial charge < -0.3 is 15.2 Å². The molecule has 0 saturated heterocycles. The van der Waals surface area contributed by atoms with Crippen LogP contribution in [-0.4, -0.2) is 44.7 Å². The van der Waals surface area contributed by atoms with Gasteiger partial charge in [0, 0.05) is 0 Å². The van der Waals surface area contributed by atoms with Gasteiger partial charge in [0.15, 0.2) is 11.5 Å². The average Bonchev–Trinajstić information content (AvgIpc) is 2.87. The third kappa shape index (κ3) is 3.44. The fourth-order valence-electron chi connectivity index (χ4n) is 1.60. The van der Waals surface area contributed by atoms with Crippen LogP contribution in [0.15, 0.2) is 25.3 Å². The van der Waals surface area contributed by atoms with Crippen LogP contribution in [-0.2, 0) is 16.2 Å². The number of alkyl halides is 1. The summed E-state index contributed by atoms with van der Waals surface area (Å²) in [5.41, 5.74) is 6.89. The lowest BCUT2D eigenvalue weighted by Gasteiger charge is -2.15. The topological polar surface area (TPSA) is 88.1 Å². The standard InChI is InChI=1S/C12H16ClN5O2/c1-2-3-19-5-9(4-13)20-8-18-7-17-10-11(14)15-6-16-12(10)18/h2,6-7,9H,1,3-5,8H2,(H2,14,15,16). The summed E-state index contributed by atoms with van der Waals surface area (Å²) in [5, 5.41) is 0. The van der Waals surface area contributed by atoms with Gasteiger partial charge in [-0.05, 0) is 0 Å². The van der Waals surface area contributed by atoms with Crippen LogP contribution in [0.5, 0.6) is 0 Å². The minimum atomic E-state index is -0.215. The van der Waals surface area contributed by atoms with E-state index in [0.717, 1.165) is 0 Å². The zero-order chi connectivity index (χ0) is 14.4. The molecule has 2 aromatic heterocycles. The lowest BCUT2D eigenvalue weighted by Crippen LogP contribution is -2.23. The van der Waals surface area contributed by atoms with E-state index < -0.39 is 0 Å². The number of halogens is 1. The molecule has 20 heavy (non-hydrogen) atoms. The van der Waals surface area contributed by atoms with Crippen molar-refractivity contribution in [3.8, 4) is 0 Å². The van der Waals surface area contributed by atoms with Crippen molar-refractivity contribution < 1.29 is 9.47 Å². The van der Waals surface area contributed by atoms with E-state index in [-0.39, 0.29) is 12.8 Å². The lowest BCUT2D eigenvalue weighted by atomic mass is 10.4. The number of nitrogen functional groups attached to an aromatic ring is 1. The molecule has 0 radical (unpaired) electrons. The first-order valence-corrected chi connectivity index (χ1v) is 6.57. The molecule has 7 nitrogen and oxygen atoms in total. The van der Waals surface area contributed by atoms with E-state index in [1.54, 1.807) is 17.0 Å². The molecular weight excluding hydrogens is 282 g/mol. The van der Waals surface area contributed by atoms with Gasteiger partial charge in [-0.25, -0.2) is 15.0 Å². The summed E-state index contributed by atoms with van der Waals surface area (Å²) >= 11 is 5.83. The molecular formula is C12H16ClN5O2. The first-order valence-electron chi connectivity index (χ1n) is 6.03. The molecule has 2 N–H and O–H groups in total.